The number of hydrogen-bond donors (Lipinski definition) is 0. The fourth-order valence-electron chi connectivity index (χ4n) is 3.29. The van der Waals surface area contributed by atoms with Crippen LogP contribution in [0.1, 0.15) is 0 Å². The van der Waals surface area contributed by atoms with Crippen LogP contribution in [0.2, 0.25) is 58.9 Å². The van der Waals surface area contributed by atoms with Crippen molar-refractivity contribution in [1.82, 2.24) is 9.13 Å². The molecule has 1 saturated heterocycles. The molecule has 1 unspecified atom stereocenters. The molecule has 1 aliphatic rings. The Morgan fingerprint density at radius 3 is 1.79 bits per heavy atom. The molecule has 0 aliphatic carbocycles. The average Bonchev–Trinajstić information content (AvgIpc) is 2.32. The van der Waals surface area contributed by atoms with Gasteiger partial charge in [-0.05, 0) is 19.6 Å². The highest BCUT2D eigenvalue weighted by Crippen LogP contribution is 2.52. The second-order valence-corrected chi connectivity index (χ2v) is 27.2. The first-order chi connectivity index (χ1) is 10.6. The summed E-state index contributed by atoms with van der Waals surface area (Å²) in [6.45, 7) is 23.8. The fraction of sp³-hybridized carbons (Fsp3) is 1.00. The van der Waals surface area contributed by atoms with Crippen LogP contribution in [0.4, 0.5) is 0 Å². The summed E-state index contributed by atoms with van der Waals surface area (Å²) >= 11 is 0. The van der Waals surface area contributed by atoms with Crippen LogP contribution >= 0.6 is 7.37 Å². The minimum Gasteiger partial charge on any atom is -0.379 e. The highest BCUT2D eigenvalue weighted by molar-refractivity contribution is 7.60. The molecule has 0 aromatic heterocycles. The molecular weight excluding hydrogens is 371 g/mol. The Hall–Kier alpha value is 0.721. The molecule has 5 nitrogen and oxygen atoms in total. The van der Waals surface area contributed by atoms with Gasteiger partial charge >= 0.3 is 0 Å². The number of ether oxygens (including phenoxy) is 1. The molecule has 0 bridgehead atoms. The van der Waals surface area contributed by atoms with Crippen LogP contribution in [0.15, 0.2) is 0 Å². The minimum absolute atomic E-state index is 0.575. The Bertz CT molecular complexity index is 438. The third kappa shape index (κ3) is 7.95. The van der Waals surface area contributed by atoms with E-state index in [1.807, 2.05) is 0 Å². The molecule has 0 aromatic carbocycles. The zero-order chi connectivity index (χ0) is 18.8. The van der Waals surface area contributed by atoms with Gasteiger partial charge in [0.05, 0.1) is 25.8 Å². The standard InChI is InChI=1S/C15H39N2O3PSi3/c1-22(2,3)17(23(4,5)6)15-21(18,20-24(7,8)9)14-16-10-12-19-13-11-16/h10-15H2,1-9H3. The van der Waals surface area contributed by atoms with Crippen LogP contribution in [0, 0.1) is 0 Å². The van der Waals surface area contributed by atoms with Gasteiger partial charge in [0.25, 0.3) is 0 Å². The maximum atomic E-state index is 13.9. The largest absolute Gasteiger partial charge is 0.379 e. The van der Waals surface area contributed by atoms with E-state index in [4.69, 9.17) is 8.95 Å². The van der Waals surface area contributed by atoms with Gasteiger partial charge in [0.2, 0.25) is 7.37 Å². The Morgan fingerprint density at radius 1 is 0.958 bits per heavy atom. The first-order valence-electron chi connectivity index (χ1n) is 8.99. The molecule has 0 saturated carbocycles. The third-order valence-corrected chi connectivity index (χ3v) is 17.1. The van der Waals surface area contributed by atoms with Gasteiger partial charge in [-0.3, -0.25) is 9.46 Å². The zero-order valence-corrected chi connectivity index (χ0v) is 21.2. The van der Waals surface area contributed by atoms with Gasteiger partial charge < -0.3 is 13.2 Å². The van der Waals surface area contributed by atoms with Crippen molar-refractivity contribution in [1.29, 1.82) is 0 Å². The van der Waals surface area contributed by atoms with Gasteiger partial charge in [-0.2, -0.15) is 0 Å². The Kier molecular flexibility index (Phi) is 7.75. The van der Waals surface area contributed by atoms with E-state index >= 15 is 0 Å². The maximum absolute atomic E-state index is 13.9. The highest BCUT2D eigenvalue weighted by Gasteiger charge is 2.42. The minimum atomic E-state index is -2.73. The van der Waals surface area contributed by atoms with Crippen LogP contribution in [0.25, 0.3) is 0 Å². The van der Waals surface area contributed by atoms with E-state index in [0.29, 0.717) is 12.6 Å². The number of nitrogens with zero attached hydrogens (tertiary/aromatic N) is 2. The maximum Gasteiger partial charge on any atom is 0.219 e. The smallest absolute Gasteiger partial charge is 0.219 e. The summed E-state index contributed by atoms with van der Waals surface area (Å²) in [4.78, 5) is 2.27. The van der Waals surface area contributed by atoms with E-state index in [-0.39, 0.29) is 0 Å². The Balaban J connectivity index is 3.04. The lowest BCUT2D eigenvalue weighted by atomic mass is 10.5. The van der Waals surface area contributed by atoms with Gasteiger partial charge in [-0.25, -0.2) is 0 Å². The van der Waals surface area contributed by atoms with Gasteiger partial charge in [0.1, 0.15) is 16.5 Å². The molecule has 1 atom stereocenters. The molecule has 1 fully saturated rings. The van der Waals surface area contributed by atoms with E-state index in [1.54, 1.807) is 0 Å². The van der Waals surface area contributed by atoms with Crippen LogP contribution in [-0.4, -0.2) is 72.8 Å². The topological polar surface area (TPSA) is 42.0 Å². The summed E-state index contributed by atoms with van der Waals surface area (Å²) in [7, 11) is -7.73. The van der Waals surface area contributed by atoms with Crippen molar-refractivity contribution in [2.75, 3.05) is 38.9 Å². The van der Waals surface area contributed by atoms with E-state index in [1.165, 1.54) is 0 Å². The Labute approximate surface area is 152 Å². The lowest BCUT2D eigenvalue weighted by Gasteiger charge is -2.46. The molecule has 9 heteroatoms. The SMILES string of the molecule is C[Si](C)(C)OP(=O)(CN1CCOCC1)CN([Si](C)(C)C)[Si](C)(C)C. The highest BCUT2D eigenvalue weighted by atomic mass is 31.2. The second-order valence-electron chi connectivity index (χ2n) is 9.80. The van der Waals surface area contributed by atoms with E-state index in [0.717, 1.165) is 26.3 Å². The lowest BCUT2D eigenvalue weighted by Crippen LogP contribution is -2.59. The number of rotatable bonds is 8. The van der Waals surface area contributed by atoms with Gasteiger partial charge in [-0.15, -0.1) is 0 Å². The normalized spacial score (nSPS) is 21.1. The van der Waals surface area contributed by atoms with Crippen LogP contribution < -0.4 is 0 Å². The molecule has 0 aromatic rings. The molecule has 1 aliphatic heterocycles. The molecule has 144 valence electrons. The summed E-state index contributed by atoms with van der Waals surface area (Å²) in [5.74, 6) is 0. The first kappa shape index (κ1) is 22.8. The molecule has 0 spiro atoms. The summed E-state index contributed by atoms with van der Waals surface area (Å²) < 4.78 is 28.4. The van der Waals surface area contributed by atoms with Crippen molar-refractivity contribution >= 4 is 32.2 Å². The monoisotopic (exact) mass is 410 g/mol. The van der Waals surface area contributed by atoms with Crippen LogP contribution in [-0.2, 0) is 13.5 Å². The lowest BCUT2D eigenvalue weighted by molar-refractivity contribution is 0.0453. The molecule has 0 amide bonds. The van der Waals surface area contributed by atoms with Gasteiger partial charge in [-0.1, -0.05) is 39.3 Å². The fourth-order valence-corrected chi connectivity index (χ4v) is 21.9. The second kappa shape index (κ2) is 8.17. The summed E-state index contributed by atoms with van der Waals surface area (Å²) in [5, 5.41) is 0. The molecule has 24 heavy (non-hydrogen) atoms. The van der Waals surface area contributed by atoms with E-state index in [2.05, 4.69) is 68.1 Å². The molecule has 1 heterocycles. The third-order valence-electron chi connectivity index (χ3n) is 3.94. The summed E-state index contributed by atoms with van der Waals surface area (Å²) in [6.07, 6.45) is 1.20. The quantitative estimate of drug-likeness (QED) is 0.440. The van der Waals surface area contributed by atoms with Crippen LogP contribution in [0.3, 0.4) is 0 Å². The van der Waals surface area contributed by atoms with Crippen molar-refractivity contribution in [2.24, 2.45) is 0 Å². The Morgan fingerprint density at radius 2 is 1.42 bits per heavy atom. The molecule has 1 rings (SSSR count). The van der Waals surface area contributed by atoms with Crippen LogP contribution in [0.5, 0.6) is 0 Å². The first-order valence-corrected chi connectivity index (χ1v) is 21.3. The molecule has 0 N–H and O–H groups in total. The predicted octanol–water partition coefficient (Wildman–Crippen LogP) is 4.34. The molecular formula is C15H39N2O3PSi3. The number of hydrogen-bond acceptors (Lipinski definition) is 5. The van der Waals surface area contributed by atoms with E-state index in [9.17, 15) is 4.57 Å². The van der Waals surface area contributed by atoms with Crippen molar-refractivity contribution in [2.45, 2.75) is 58.9 Å². The summed E-state index contributed by atoms with van der Waals surface area (Å²) in [6, 6.07) is 0. The van der Waals surface area contributed by atoms with Crippen molar-refractivity contribution in [3.63, 3.8) is 0 Å². The van der Waals surface area contributed by atoms with Crippen molar-refractivity contribution < 1.29 is 13.5 Å². The number of morpholine rings is 1. The van der Waals surface area contributed by atoms with E-state index < -0.39 is 32.2 Å². The zero-order valence-electron chi connectivity index (χ0n) is 17.3. The van der Waals surface area contributed by atoms with Gasteiger partial charge in [0.15, 0.2) is 8.32 Å². The average molecular weight is 411 g/mol. The van der Waals surface area contributed by atoms with Gasteiger partial charge in [0, 0.05) is 13.1 Å². The summed E-state index contributed by atoms with van der Waals surface area (Å²) in [5.41, 5.74) is 0. The van der Waals surface area contributed by atoms with Crippen molar-refractivity contribution in [3.8, 4) is 0 Å². The molecule has 0 radical (unpaired) electrons. The predicted molar refractivity (Wildman–Crippen MR) is 113 cm³/mol. The van der Waals surface area contributed by atoms with Crippen molar-refractivity contribution in [3.05, 3.63) is 0 Å².